The Kier molecular flexibility index (Phi) is 4.73. The Morgan fingerprint density at radius 3 is 2.76 bits per heavy atom. The van der Waals surface area contributed by atoms with Crippen LogP contribution in [0.1, 0.15) is 11.1 Å². The number of carboxylic acid groups (broad SMARTS) is 1. The molecule has 0 aromatic heterocycles. The summed E-state index contributed by atoms with van der Waals surface area (Å²) in [6.45, 7) is 0.245. The van der Waals surface area contributed by atoms with Crippen LogP contribution in [0.15, 0.2) is 53.4 Å². The number of rotatable bonds is 6. The summed E-state index contributed by atoms with van der Waals surface area (Å²) in [4.78, 5) is 10.6. The van der Waals surface area contributed by atoms with Crippen molar-refractivity contribution in [2.45, 2.75) is 11.4 Å². The summed E-state index contributed by atoms with van der Waals surface area (Å²) in [5.74, 6) is 0.108. The maximum atomic E-state index is 12.4. The Hall–Kier alpha value is -2.84. The van der Waals surface area contributed by atoms with E-state index in [0.29, 0.717) is 17.1 Å². The minimum atomic E-state index is -3.74. The standard InChI is InChI=1S/C17H15NO6S/c19-17(20)7-5-12-2-1-3-14(8-12)25(21,22)18-10-13-4-6-15-16(9-13)24-11-23-15/h1-9,18H,10-11H2,(H,19,20)/b7-5+. The number of hydrogen-bond acceptors (Lipinski definition) is 5. The number of nitrogens with one attached hydrogen (secondary N) is 1. The predicted molar refractivity (Wildman–Crippen MR) is 89.7 cm³/mol. The van der Waals surface area contributed by atoms with Crippen molar-refractivity contribution in [1.82, 2.24) is 4.72 Å². The summed E-state index contributed by atoms with van der Waals surface area (Å²) in [5, 5.41) is 8.64. The average molecular weight is 361 g/mol. The Morgan fingerprint density at radius 2 is 1.96 bits per heavy atom. The number of carbonyl (C=O) groups is 1. The molecule has 0 radical (unpaired) electrons. The van der Waals surface area contributed by atoms with Crippen LogP contribution < -0.4 is 14.2 Å². The largest absolute Gasteiger partial charge is 0.478 e. The van der Waals surface area contributed by atoms with Crippen LogP contribution in [0.4, 0.5) is 0 Å². The van der Waals surface area contributed by atoms with Crippen molar-refractivity contribution in [3.05, 3.63) is 59.7 Å². The quantitative estimate of drug-likeness (QED) is 0.763. The Morgan fingerprint density at radius 1 is 1.16 bits per heavy atom. The third-order valence-electron chi connectivity index (χ3n) is 3.49. The van der Waals surface area contributed by atoms with Gasteiger partial charge in [-0.15, -0.1) is 0 Å². The average Bonchev–Trinajstić information content (AvgIpc) is 3.06. The first kappa shape index (κ1) is 17.0. The second kappa shape index (κ2) is 6.96. The van der Waals surface area contributed by atoms with Crippen LogP contribution in [0, 0.1) is 0 Å². The van der Waals surface area contributed by atoms with Gasteiger partial charge in [0.2, 0.25) is 16.8 Å². The lowest BCUT2D eigenvalue weighted by atomic mass is 10.2. The van der Waals surface area contributed by atoms with Gasteiger partial charge in [0.05, 0.1) is 4.90 Å². The molecule has 0 unspecified atom stereocenters. The van der Waals surface area contributed by atoms with Gasteiger partial charge in [-0.2, -0.15) is 0 Å². The zero-order chi connectivity index (χ0) is 17.9. The highest BCUT2D eigenvalue weighted by Gasteiger charge is 2.16. The fourth-order valence-corrected chi connectivity index (χ4v) is 3.34. The molecular weight excluding hydrogens is 346 g/mol. The summed E-state index contributed by atoms with van der Waals surface area (Å²) < 4.78 is 37.8. The van der Waals surface area contributed by atoms with Gasteiger partial charge >= 0.3 is 5.97 Å². The van der Waals surface area contributed by atoms with Crippen LogP contribution in [0.25, 0.3) is 6.08 Å². The minimum absolute atomic E-state index is 0.0563. The fourth-order valence-electron chi connectivity index (χ4n) is 2.27. The molecule has 2 aromatic carbocycles. The van der Waals surface area contributed by atoms with Crippen LogP contribution in [-0.4, -0.2) is 26.3 Å². The van der Waals surface area contributed by atoms with Crippen molar-refractivity contribution in [3.63, 3.8) is 0 Å². The van der Waals surface area contributed by atoms with Gasteiger partial charge in [0, 0.05) is 12.6 Å². The molecule has 1 aliphatic rings. The first-order valence-electron chi connectivity index (χ1n) is 7.33. The van der Waals surface area contributed by atoms with Crippen molar-refractivity contribution in [2.75, 3.05) is 6.79 Å². The highest BCUT2D eigenvalue weighted by molar-refractivity contribution is 7.89. The van der Waals surface area contributed by atoms with Crippen LogP contribution in [0.3, 0.4) is 0 Å². The Bertz CT molecular complexity index is 936. The highest BCUT2D eigenvalue weighted by atomic mass is 32.2. The maximum absolute atomic E-state index is 12.4. The van der Waals surface area contributed by atoms with E-state index in [2.05, 4.69) is 4.72 Å². The molecule has 130 valence electrons. The highest BCUT2D eigenvalue weighted by Crippen LogP contribution is 2.32. The van der Waals surface area contributed by atoms with Gasteiger partial charge in [-0.1, -0.05) is 18.2 Å². The zero-order valence-corrected chi connectivity index (χ0v) is 13.8. The van der Waals surface area contributed by atoms with E-state index in [9.17, 15) is 13.2 Å². The van der Waals surface area contributed by atoms with Gasteiger partial charge < -0.3 is 14.6 Å². The smallest absolute Gasteiger partial charge is 0.328 e. The van der Waals surface area contributed by atoms with Crippen molar-refractivity contribution in [3.8, 4) is 11.5 Å². The molecule has 1 aliphatic heterocycles. The topological polar surface area (TPSA) is 102 Å². The zero-order valence-electron chi connectivity index (χ0n) is 13.0. The van der Waals surface area contributed by atoms with Crippen LogP contribution in [0.2, 0.25) is 0 Å². The summed E-state index contributed by atoms with van der Waals surface area (Å²) in [6, 6.07) is 11.2. The number of ether oxygens (including phenoxy) is 2. The first-order valence-corrected chi connectivity index (χ1v) is 8.82. The second-order valence-electron chi connectivity index (χ2n) is 5.26. The molecule has 0 atom stereocenters. The number of carboxylic acids is 1. The van der Waals surface area contributed by atoms with Crippen molar-refractivity contribution >= 4 is 22.1 Å². The molecule has 0 fully saturated rings. The summed E-state index contributed by atoms with van der Waals surface area (Å²) in [5.41, 5.74) is 1.21. The third-order valence-corrected chi connectivity index (χ3v) is 4.89. The summed E-state index contributed by atoms with van der Waals surface area (Å²) in [6.07, 6.45) is 2.28. The van der Waals surface area contributed by atoms with E-state index < -0.39 is 16.0 Å². The third kappa shape index (κ3) is 4.17. The van der Waals surface area contributed by atoms with Crippen molar-refractivity contribution < 1.29 is 27.8 Å². The second-order valence-corrected chi connectivity index (χ2v) is 7.02. The molecular formula is C17H15NO6S. The fraction of sp³-hybridized carbons (Fsp3) is 0.118. The number of benzene rings is 2. The monoisotopic (exact) mass is 361 g/mol. The molecule has 0 spiro atoms. The SMILES string of the molecule is O=C(O)/C=C/c1cccc(S(=O)(=O)NCc2ccc3c(c2)OCO3)c1. The van der Waals surface area contributed by atoms with E-state index in [1.807, 2.05) is 0 Å². The number of sulfonamides is 1. The molecule has 8 heteroatoms. The predicted octanol–water partition coefficient (Wildman–Crippen LogP) is 1.99. The van der Waals surface area contributed by atoms with Gasteiger partial charge in [0.1, 0.15) is 0 Å². The van der Waals surface area contributed by atoms with Crippen molar-refractivity contribution in [2.24, 2.45) is 0 Å². The summed E-state index contributed by atoms with van der Waals surface area (Å²) >= 11 is 0. The number of hydrogen-bond donors (Lipinski definition) is 2. The van der Waals surface area contributed by atoms with Gasteiger partial charge in [-0.25, -0.2) is 17.9 Å². The molecule has 0 aliphatic carbocycles. The van der Waals surface area contributed by atoms with Crippen LogP contribution in [-0.2, 0) is 21.4 Å². The van der Waals surface area contributed by atoms with Crippen molar-refractivity contribution in [1.29, 1.82) is 0 Å². The lowest BCUT2D eigenvalue weighted by Gasteiger charge is -2.08. The van der Waals surface area contributed by atoms with E-state index in [1.54, 1.807) is 30.3 Å². The van der Waals surface area contributed by atoms with Crippen LogP contribution in [0.5, 0.6) is 11.5 Å². The Labute approximate surface area is 144 Å². The van der Waals surface area contributed by atoms with Gasteiger partial charge in [-0.05, 0) is 41.5 Å². The van der Waals surface area contributed by atoms with E-state index in [4.69, 9.17) is 14.6 Å². The number of fused-ring (bicyclic) bond motifs is 1. The molecule has 7 nitrogen and oxygen atoms in total. The molecule has 0 amide bonds. The molecule has 25 heavy (non-hydrogen) atoms. The lowest BCUT2D eigenvalue weighted by Crippen LogP contribution is -2.23. The van der Waals surface area contributed by atoms with Gasteiger partial charge in [-0.3, -0.25) is 0 Å². The molecule has 2 aromatic rings. The molecule has 2 N–H and O–H groups in total. The maximum Gasteiger partial charge on any atom is 0.328 e. The molecule has 0 bridgehead atoms. The molecule has 3 rings (SSSR count). The molecule has 1 heterocycles. The van der Waals surface area contributed by atoms with Crippen LogP contribution >= 0.6 is 0 Å². The van der Waals surface area contributed by atoms with E-state index in [0.717, 1.165) is 11.6 Å². The van der Waals surface area contributed by atoms with Gasteiger partial charge in [0.25, 0.3) is 0 Å². The first-order chi connectivity index (χ1) is 11.9. The van der Waals surface area contributed by atoms with E-state index in [1.165, 1.54) is 18.2 Å². The van der Waals surface area contributed by atoms with E-state index >= 15 is 0 Å². The normalized spacial score (nSPS) is 13.3. The summed E-state index contributed by atoms with van der Waals surface area (Å²) in [7, 11) is -3.74. The number of aliphatic carboxylic acids is 1. The van der Waals surface area contributed by atoms with E-state index in [-0.39, 0.29) is 18.2 Å². The lowest BCUT2D eigenvalue weighted by molar-refractivity contribution is -0.131. The van der Waals surface area contributed by atoms with Gasteiger partial charge in [0.15, 0.2) is 11.5 Å². The molecule has 0 saturated heterocycles. The minimum Gasteiger partial charge on any atom is -0.478 e. The molecule has 0 saturated carbocycles. The Balaban J connectivity index is 1.73.